The Bertz CT molecular complexity index is 5310. The number of ether oxygens (including phenoxy) is 1. The van der Waals surface area contributed by atoms with Crippen molar-refractivity contribution >= 4 is 76.2 Å². The first-order chi connectivity index (χ1) is 40.6. The van der Waals surface area contributed by atoms with E-state index in [1.54, 1.807) is 11.1 Å². The SMILES string of the molecule is CC1(C)CC(C)(C)c2c1ncc1c2c2c3c(cc4c5c6c(ncc5n1c42)C1CC2CC4CC6CC421)-c1cc2c4c5c(ncc4n4c6cnc7c(c6c(c1C31c3ccccc3Oc3ccccc31)c24)C(C)(C)CC7(C)C)C1CC2CC3CC5C23C1. The van der Waals surface area contributed by atoms with E-state index in [1.807, 2.05) is 0 Å². The zero-order valence-corrected chi connectivity index (χ0v) is 49.4. The molecule has 0 radical (unpaired) electrons. The van der Waals surface area contributed by atoms with E-state index in [-0.39, 0.29) is 21.7 Å². The summed E-state index contributed by atoms with van der Waals surface area (Å²) in [5, 5.41) is 11.4. The molecule has 3 spiro atoms. The van der Waals surface area contributed by atoms with Gasteiger partial charge < -0.3 is 13.5 Å². The number of hydrogen-bond donors (Lipinski definition) is 0. The van der Waals surface area contributed by atoms with Crippen LogP contribution in [0.25, 0.3) is 87.3 Å². The highest BCUT2D eigenvalue weighted by atomic mass is 16.5. The van der Waals surface area contributed by atoms with Gasteiger partial charge >= 0.3 is 0 Å². The van der Waals surface area contributed by atoms with Gasteiger partial charge in [0.2, 0.25) is 0 Å². The van der Waals surface area contributed by atoms with Gasteiger partial charge in [0.1, 0.15) is 11.5 Å². The molecule has 8 aromatic heterocycles. The molecule has 7 heteroatoms. The van der Waals surface area contributed by atoms with Crippen LogP contribution in [0.5, 0.6) is 11.5 Å². The van der Waals surface area contributed by atoms with E-state index < -0.39 is 5.41 Å². The summed E-state index contributed by atoms with van der Waals surface area (Å²) in [5.41, 5.74) is 27.0. The molecule has 24 rings (SSSR count). The molecular weight excluding hydrogens is 1020 g/mol. The smallest absolute Gasteiger partial charge is 0.132 e. The van der Waals surface area contributed by atoms with Crippen LogP contribution >= 0.6 is 0 Å². The van der Waals surface area contributed by atoms with Gasteiger partial charge in [0.05, 0.1) is 74.7 Å². The van der Waals surface area contributed by atoms with Crippen LogP contribution < -0.4 is 4.74 Å². The minimum absolute atomic E-state index is 0.1000. The summed E-state index contributed by atoms with van der Waals surface area (Å²) >= 11 is 0. The standard InChI is InChI=1S/C77H66N6O/c1-71(2)31-73(5,6)69-63(71)57-49(29-80-69)82-47-28-79-66-46-22-38-19-35-17-33(25-76(35,38)46)53(66)54(47)41-23-39-40-24-42-55-48(27-78-65-34-18-36-20-37-21-45(56(55)65)75(36,37)26-34)83-50-30-81-70-64(72(3,4)32-74(70,7)8)58(50)60(68(42)83)62(40)77(61(39)59(57)67(41)82)43-13-9-11-15-51(43)84-52-16-12-10-14-44(52)77/h9-16,23-24,27-30,33-38,45-46H,17-22,25-26,31-32H2,1-8H3. The number of hydrogen-bond acceptors (Lipinski definition) is 5. The molecule has 4 aromatic carbocycles. The summed E-state index contributed by atoms with van der Waals surface area (Å²) in [5.74, 6) is 7.63. The molecule has 4 bridgehead atoms. The van der Waals surface area contributed by atoms with Crippen LogP contribution in [0, 0.1) is 34.5 Å². The molecule has 84 heavy (non-hydrogen) atoms. The van der Waals surface area contributed by atoms with Gasteiger partial charge in [-0.25, -0.2) is 0 Å². The molecule has 1 aliphatic heterocycles. The van der Waals surface area contributed by atoms with Crippen LogP contribution in [-0.4, -0.2) is 28.7 Å². The maximum atomic E-state index is 7.35. The van der Waals surface area contributed by atoms with Gasteiger partial charge in [-0.3, -0.25) is 19.9 Å². The van der Waals surface area contributed by atoms with Crippen molar-refractivity contribution in [1.29, 1.82) is 0 Å². The fourth-order valence-corrected chi connectivity index (χ4v) is 26.2. The molecule has 6 saturated carbocycles. The lowest BCUT2D eigenvalue weighted by Gasteiger charge is -2.68. The third-order valence-electron chi connectivity index (χ3n) is 28.0. The number of benzene rings is 4. The molecular formula is C77H66N6O. The van der Waals surface area contributed by atoms with Gasteiger partial charge in [0, 0.05) is 88.3 Å². The third kappa shape index (κ3) is 4.07. The monoisotopic (exact) mass is 1090 g/mol. The summed E-state index contributed by atoms with van der Waals surface area (Å²) in [4.78, 5) is 22.9. The maximum Gasteiger partial charge on any atom is 0.132 e. The van der Waals surface area contributed by atoms with Crippen molar-refractivity contribution in [2.75, 3.05) is 0 Å². The summed E-state index contributed by atoms with van der Waals surface area (Å²) < 4.78 is 12.8. The van der Waals surface area contributed by atoms with Gasteiger partial charge in [-0.2, -0.15) is 0 Å². The van der Waals surface area contributed by atoms with Crippen molar-refractivity contribution in [2.45, 2.75) is 170 Å². The number of rotatable bonds is 0. The Hall–Kier alpha value is -7.12. The van der Waals surface area contributed by atoms with Gasteiger partial charge in [-0.15, -0.1) is 0 Å². The number of aromatic nitrogens is 6. The Kier molecular flexibility index (Phi) is 6.65. The van der Waals surface area contributed by atoms with Crippen LogP contribution in [0.3, 0.4) is 0 Å². The van der Waals surface area contributed by atoms with Crippen LogP contribution in [0.2, 0.25) is 0 Å². The molecule has 0 amide bonds. The highest BCUT2D eigenvalue weighted by molar-refractivity contribution is 6.33. The lowest BCUT2D eigenvalue weighted by molar-refractivity contribution is -0.147. The van der Waals surface area contributed by atoms with E-state index in [1.165, 1.54) is 195 Å². The summed E-state index contributed by atoms with van der Waals surface area (Å²) in [6.07, 6.45) is 22.2. The lowest BCUT2D eigenvalue weighted by atomic mass is 9.36. The predicted molar refractivity (Wildman–Crippen MR) is 332 cm³/mol. The van der Waals surface area contributed by atoms with E-state index in [2.05, 4.69) is 150 Å². The Balaban J connectivity index is 0.975. The van der Waals surface area contributed by atoms with Crippen LogP contribution in [-0.2, 0) is 27.1 Å². The van der Waals surface area contributed by atoms with Crippen LogP contribution in [0.1, 0.15) is 211 Å². The molecule has 0 N–H and O–H groups in total. The molecule has 0 saturated heterocycles. The average molecular weight is 1090 g/mol. The number of pyridine rings is 4. The molecule has 12 aromatic rings. The van der Waals surface area contributed by atoms with Crippen molar-refractivity contribution < 1.29 is 4.74 Å². The fourth-order valence-electron chi connectivity index (χ4n) is 26.2. The van der Waals surface area contributed by atoms with Gasteiger partial charge in [0.25, 0.3) is 0 Å². The Morgan fingerprint density at radius 2 is 0.905 bits per heavy atom. The number of fused-ring (bicyclic) bond motifs is 37. The largest absolute Gasteiger partial charge is 0.457 e. The quantitative estimate of drug-likeness (QED) is 0.151. The zero-order valence-electron chi connectivity index (χ0n) is 49.4. The maximum absolute atomic E-state index is 7.35. The zero-order chi connectivity index (χ0) is 55.1. The first kappa shape index (κ1) is 44.4. The van der Waals surface area contributed by atoms with E-state index in [0.29, 0.717) is 34.5 Å². The molecule has 6 fully saturated rings. The first-order valence-corrected chi connectivity index (χ1v) is 32.6. The van der Waals surface area contributed by atoms with Crippen LogP contribution in [0.15, 0.2) is 85.5 Å². The van der Waals surface area contributed by atoms with E-state index in [9.17, 15) is 0 Å². The van der Waals surface area contributed by atoms with Gasteiger partial charge in [-0.05, 0) is 190 Å². The minimum atomic E-state index is -0.802. The fraction of sp³-hybridized carbons (Fsp3) is 0.429. The topological polar surface area (TPSA) is 69.6 Å². The number of nitrogens with zero attached hydrogens (tertiary/aromatic N) is 6. The molecule has 7 nitrogen and oxygen atoms in total. The minimum Gasteiger partial charge on any atom is -0.457 e. The van der Waals surface area contributed by atoms with Crippen molar-refractivity contribution in [3.8, 4) is 22.6 Å². The normalized spacial score (nSPS) is 32.5. The third-order valence-corrected chi connectivity index (χ3v) is 28.0. The summed E-state index contributed by atoms with van der Waals surface area (Å²) in [6.45, 7) is 19.9. The van der Waals surface area contributed by atoms with Crippen molar-refractivity contribution in [2.24, 2.45) is 34.5 Å². The van der Waals surface area contributed by atoms with Gasteiger partial charge in [-0.1, -0.05) is 91.8 Å². The summed E-state index contributed by atoms with van der Waals surface area (Å²) in [6, 6.07) is 24.0. The second-order valence-corrected chi connectivity index (χ2v) is 33.0. The predicted octanol–water partition coefficient (Wildman–Crippen LogP) is 18.0. The van der Waals surface area contributed by atoms with E-state index in [4.69, 9.17) is 24.7 Å². The molecule has 10 atom stereocenters. The Morgan fingerprint density at radius 1 is 0.440 bits per heavy atom. The second kappa shape index (κ2) is 12.6. The number of para-hydroxylation sites is 2. The molecule has 12 aliphatic rings. The van der Waals surface area contributed by atoms with Crippen molar-refractivity contribution in [3.63, 3.8) is 0 Å². The molecule has 10 unspecified atom stereocenters. The Morgan fingerprint density at radius 3 is 1.48 bits per heavy atom. The first-order valence-electron chi connectivity index (χ1n) is 32.6. The van der Waals surface area contributed by atoms with E-state index in [0.717, 1.165) is 48.0 Å². The summed E-state index contributed by atoms with van der Waals surface area (Å²) in [7, 11) is 0. The van der Waals surface area contributed by atoms with Crippen molar-refractivity contribution in [3.05, 3.63) is 153 Å². The Labute approximate surface area is 487 Å². The highest BCUT2D eigenvalue weighted by Gasteiger charge is 2.74. The highest BCUT2D eigenvalue weighted by Crippen LogP contribution is 2.84. The van der Waals surface area contributed by atoms with E-state index >= 15 is 0 Å². The van der Waals surface area contributed by atoms with Crippen molar-refractivity contribution in [1.82, 2.24) is 28.7 Å². The molecule has 11 aliphatic carbocycles. The van der Waals surface area contributed by atoms with Gasteiger partial charge in [0.15, 0.2) is 0 Å². The van der Waals surface area contributed by atoms with Crippen LogP contribution in [0.4, 0.5) is 0 Å². The molecule has 9 heterocycles. The average Bonchev–Trinajstić information content (AvgIpc) is 1.50. The second-order valence-electron chi connectivity index (χ2n) is 33.0. The molecule has 410 valence electrons. The lowest BCUT2D eigenvalue weighted by Crippen LogP contribution is -2.59.